The smallest absolute Gasteiger partial charge is 0.305 e. The average Bonchev–Trinajstić information content (AvgIpc) is 2.26. The zero-order valence-electron chi connectivity index (χ0n) is 10.0. The third-order valence-corrected chi connectivity index (χ3v) is 3.67. The molecular formula is C13H21NO2. The van der Waals surface area contributed by atoms with Crippen LogP contribution in [0.5, 0.6) is 0 Å². The Morgan fingerprint density at radius 3 is 2.56 bits per heavy atom. The molecule has 1 rings (SSSR count). The predicted molar refractivity (Wildman–Crippen MR) is 64.1 cm³/mol. The van der Waals surface area contributed by atoms with Gasteiger partial charge in [-0.2, -0.15) is 0 Å². The van der Waals surface area contributed by atoms with Gasteiger partial charge < -0.3 is 5.11 Å². The van der Waals surface area contributed by atoms with E-state index in [1.807, 2.05) is 7.05 Å². The Morgan fingerprint density at radius 2 is 2.06 bits per heavy atom. The number of carbonyl (C=O) groups is 1. The Kier molecular flexibility index (Phi) is 4.82. The highest BCUT2D eigenvalue weighted by Crippen LogP contribution is 2.35. The molecule has 1 fully saturated rings. The third-order valence-electron chi connectivity index (χ3n) is 3.67. The fraction of sp³-hybridized carbons (Fsp3) is 0.769. The molecular weight excluding hydrogens is 202 g/mol. The number of nitrogens with zero attached hydrogens (tertiary/aromatic N) is 1. The summed E-state index contributed by atoms with van der Waals surface area (Å²) in [5.74, 6) is 1.92. The highest BCUT2D eigenvalue weighted by molar-refractivity contribution is 5.68. The Hall–Kier alpha value is -1.01. The Morgan fingerprint density at radius 1 is 1.44 bits per heavy atom. The summed E-state index contributed by atoms with van der Waals surface area (Å²) >= 11 is 0. The quantitative estimate of drug-likeness (QED) is 0.726. The first-order valence-electron chi connectivity index (χ1n) is 5.97. The van der Waals surface area contributed by atoms with Crippen molar-refractivity contribution in [1.82, 2.24) is 4.90 Å². The van der Waals surface area contributed by atoms with E-state index in [1.54, 1.807) is 0 Å². The molecule has 1 aliphatic carbocycles. The molecule has 1 saturated carbocycles. The molecule has 0 aromatic rings. The SMILES string of the molecule is C#CCCN(C)C1(CC(=O)O)CCCCC1. The number of aliphatic carboxylic acids is 1. The lowest BCUT2D eigenvalue weighted by atomic mass is 9.78. The van der Waals surface area contributed by atoms with Crippen LogP contribution in [0.4, 0.5) is 0 Å². The van der Waals surface area contributed by atoms with Crippen LogP contribution in [0.15, 0.2) is 0 Å². The van der Waals surface area contributed by atoms with Gasteiger partial charge in [-0.3, -0.25) is 9.69 Å². The fourth-order valence-corrected chi connectivity index (χ4v) is 2.65. The van der Waals surface area contributed by atoms with Crippen LogP contribution in [0.25, 0.3) is 0 Å². The summed E-state index contributed by atoms with van der Waals surface area (Å²) in [6, 6.07) is 0. The Balaban J connectivity index is 2.68. The lowest BCUT2D eigenvalue weighted by molar-refractivity contribution is -0.141. The monoisotopic (exact) mass is 223 g/mol. The van der Waals surface area contributed by atoms with Crippen LogP contribution < -0.4 is 0 Å². The molecule has 90 valence electrons. The average molecular weight is 223 g/mol. The van der Waals surface area contributed by atoms with Crippen LogP contribution in [0.3, 0.4) is 0 Å². The molecule has 0 unspecified atom stereocenters. The van der Waals surface area contributed by atoms with Crippen LogP contribution in [0.2, 0.25) is 0 Å². The standard InChI is InChI=1S/C13H21NO2/c1-3-4-10-14(2)13(11-12(15)16)8-6-5-7-9-13/h1H,4-11H2,2H3,(H,15,16). The first kappa shape index (κ1) is 13.1. The van der Waals surface area contributed by atoms with E-state index < -0.39 is 5.97 Å². The van der Waals surface area contributed by atoms with Gasteiger partial charge in [0.05, 0.1) is 6.42 Å². The van der Waals surface area contributed by atoms with Crippen molar-refractivity contribution in [3.8, 4) is 12.3 Å². The van der Waals surface area contributed by atoms with Crippen LogP contribution >= 0.6 is 0 Å². The molecule has 0 spiro atoms. The van der Waals surface area contributed by atoms with Crippen molar-refractivity contribution in [3.05, 3.63) is 0 Å². The molecule has 1 N–H and O–H groups in total. The highest BCUT2D eigenvalue weighted by Gasteiger charge is 2.37. The van der Waals surface area contributed by atoms with E-state index >= 15 is 0 Å². The van der Waals surface area contributed by atoms with Gasteiger partial charge >= 0.3 is 5.97 Å². The van der Waals surface area contributed by atoms with Crippen molar-refractivity contribution in [3.63, 3.8) is 0 Å². The van der Waals surface area contributed by atoms with E-state index in [0.717, 1.165) is 32.2 Å². The molecule has 0 amide bonds. The zero-order valence-corrected chi connectivity index (χ0v) is 10.0. The Bertz CT molecular complexity index is 274. The highest BCUT2D eigenvalue weighted by atomic mass is 16.4. The largest absolute Gasteiger partial charge is 0.481 e. The number of carboxylic acids is 1. The maximum absolute atomic E-state index is 11.0. The molecule has 3 heteroatoms. The van der Waals surface area contributed by atoms with Crippen molar-refractivity contribution in [2.45, 2.75) is 50.5 Å². The van der Waals surface area contributed by atoms with Gasteiger partial charge in [0, 0.05) is 18.5 Å². The van der Waals surface area contributed by atoms with Crippen LogP contribution in [0.1, 0.15) is 44.9 Å². The van der Waals surface area contributed by atoms with Crippen LogP contribution in [-0.2, 0) is 4.79 Å². The summed E-state index contributed by atoms with van der Waals surface area (Å²) < 4.78 is 0. The van der Waals surface area contributed by atoms with Crippen molar-refractivity contribution in [2.24, 2.45) is 0 Å². The van der Waals surface area contributed by atoms with Gasteiger partial charge in [-0.25, -0.2) is 0 Å². The molecule has 0 aromatic heterocycles. The van der Waals surface area contributed by atoms with Crippen LogP contribution in [-0.4, -0.2) is 35.1 Å². The number of rotatable bonds is 5. The maximum atomic E-state index is 11.0. The van der Waals surface area contributed by atoms with Crippen molar-refractivity contribution >= 4 is 5.97 Å². The minimum absolute atomic E-state index is 0.152. The van der Waals surface area contributed by atoms with E-state index in [4.69, 9.17) is 11.5 Å². The normalized spacial score (nSPS) is 19.3. The molecule has 0 radical (unpaired) electrons. The molecule has 0 bridgehead atoms. The number of terminal acetylenes is 1. The fourth-order valence-electron chi connectivity index (χ4n) is 2.65. The first-order chi connectivity index (χ1) is 7.60. The molecule has 1 aliphatic rings. The van der Waals surface area contributed by atoms with E-state index in [0.29, 0.717) is 6.42 Å². The minimum Gasteiger partial charge on any atom is -0.481 e. The van der Waals surface area contributed by atoms with Gasteiger partial charge in [0.15, 0.2) is 0 Å². The second-order valence-corrected chi connectivity index (χ2v) is 4.73. The molecule has 0 atom stereocenters. The van der Waals surface area contributed by atoms with Crippen molar-refractivity contribution in [1.29, 1.82) is 0 Å². The maximum Gasteiger partial charge on any atom is 0.305 e. The summed E-state index contributed by atoms with van der Waals surface area (Å²) in [6.45, 7) is 0.795. The minimum atomic E-state index is -0.700. The second-order valence-electron chi connectivity index (χ2n) is 4.73. The molecule has 16 heavy (non-hydrogen) atoms. The summed E-state index contributed by atoms with van der Waals surface area (Å²) in [4.78, 5) is 13.2. The summed E-state index contributed by atoms with van der Waals surface area (Å²) in [5, 5.41) is 9.04. The van der Waals surface area contributed by atoms with Gasteiger partial charge in [-0.05, 0) is 19.9 Å². The second kappa shape index (κ2) is 5.91. The van der Waals surface area contributed by atoms with Gasteiger partial charge in [-0.15, -0.1) is 12.3 Å². The van der Waals surface area contributed by atoms with Crippen molar-refractivity contribution < 1.29 is 9.90 Å². The summed E-state index contributed by atoms with van der Waals surface area (Å²) in [6.07, 6.45) is 11.7. The molecule has 3 nitrogen and oxygen atoms in total. The van der Waals surface area contributed by atoms with Crippen molar-refractivity contribution in [2.75, 3.05) is 13.6 Å². The van der Waals surface area contributed by atoms with Gasteiger partial charge in [-0.1, -0.05) is 19.3 Å². The number of carboxylic acid groups (broad SMARTS) is 1. The van der Waals surface area contributed by atoms with E-state index in [2.05, 4.69) is 10.8 Å². The third kappa shape index (κ3) is 3.24. The van der Waals surface area contributed by atoms with Crippen LogP contribution in [0, 0.1) is 12.3 Å². The molecule has 0 heterocycles. The number of hydrogen-bond acceptors (Lipinski definition) is 2. The van der Waals surface area contributed by atoms with E-state index in [1.165, 1.54) is 6.42 Å². The molecule has 0 saturated heterocycles. The van der Waals surface area contributed by atoms with Gasteiger partial charge in [0.1, 0.15) is 0 Å². The number of hydrogen-bond donors (Lipinski definition) is 1. The summed E-state index contributed by atoms with van der Waals surface area (Å²) in [5.41, 5.74) is -0.152. The first-order valence-corrected chi connectivity index (χ1v) is 5.97. The Labute approximate surface area is 97.8 Å². The lowest BCUT2D eigenvalue weighted by Crippen LogP contribution is -2.49. The predicted octanol–water partition coefficient (Wildman–Crippen LogP) is 2.12. The lowest BCUT2D eigenvalue weighted by Gasteiger charge is -2.43. The molecule has 0 aromatic carbocycles. The van der Waals surface area contributed by atoms with E-state index in [-0.39, 0.29) is 12.0 Å². The summed E-state index contributed by atoms with van der Waals surface area (Å²) in [7, 11) is 2.01. The van der Waals surface area contributed by atoms with Gasteiger partial charge in [0.25, 0.3) is 0 Å². The van der Waals surface area contributed by atoms with E-state index in [9.17, 15) is 4.79 Å². The van der Waals surface area contributed by atoms with Gasteiger partial charge in [0.2, 0.25) is 0 Å². The zero-order chi connectivity index (χ0) is 12.0. The topological polar surface area (TPSA) is 40.5 Å². The molecule has 0 aliphatic heterocycles.